The van der Waals surface area contributed by atoms with E-state index in [9.17, 15) is 19.2 Å². The smallest absolute Gasteiger partial charge is 0.221 e. The van der Waals surface area contributed by atoms with E-state index in [1.54, 1.807) is 0 Å². The molecule has 0 unspecified atom stereocenters. The van der Waals surface area contributed by atoms with E-state index in [1.807, 2.05) is 0 Å². The molecule has 498 valence electrons. The molecule has 0 atom stereocenters. The third kappa shape index (κ3) is 65.7. The summed E-state index contributed by atoms with van der Waals surface area (Å²) in [5.41, 5.74) is 0. The van der Waals surface area contributed by atoms with Crippen LogP contribution in [0.1, 0.15) is 349 Å². The fourth-order valence-electron chi connectivity index (χ4n) is 11.4. The van der Waals surface area contributed by atoms with Crippen molar-refractivity contribution in [3.05, 3.63) is 0 Å². The Balaban J connectivity index is 5.04. The molecule has 0 saturated heterocycles. The van der Waals surface area contributed by atoms with Gasteiger partial charge in [-0.3, -0.25) is 19.2 Å². The van der Waals surface area contributed by atoms with Crippen molar-refractivity contribution in [2.75, 3.05) is 91.6 Å². The van der Waals surface area contributed by atoms with Crippen molar-refractivity contribution in [3.8, 4) is 0 Å². The molecule has 0 aliphatic rings. The number of unbranched alkanes of at least 4 members (excludes halogenated alkanes) is 39. The quantitative estimate of drug-likeness (QED) is 0.0330. The summed E-state index contributed by atoms with van der Waals surface area (Å²) in [7, 11) is 0. The Hall–Kier alpha value is -2.28. The van der Waals surface area contributed by atoms with Crippen molar-refractivity contribution < 1.29 is 19.2 Å². The fraction of sp³-hybridized carbons (Fsp3) is 0.944. The molecule has 6 N–H and O–H groups in total. The monoisotopic (exact) mass is 1190 g/mol. The Kier molecular flexibility index (Phi) is 67.9. The molecule has 84 heavy (non-hydrogen) atoms. The summed E-state index contributed by atoms with van der Waals surface area (Å²) in [4.78, 5) is 56.5. The molecule has 0 heterocycles. The van der Waals surface area contributed by atoms with Crippen molar-refractivity contribution >= 4 is 23.6 Å². The molecule has 12 nitrogen and oxygen atoms in total. The SMILES string of the molecule is CCCCCCCCCCCCCCNC(=O)CCN(CCCN(CCCCNCCCNCCC(=O)NCCCCCCCCCCCC)CCC(=O)NCCCCCCCCCCCC)CCC(=O)NCCCCCCCCCCCC. The third-order valence-electron chi connectivity index (χ3n) is 17.1. The van der Waals surface area contributed by atoms with Gasteiger partial charge in [-0.2, -0.15) is 0 Å². The van der Waals surface area contributed by atoms with Gasteiger partial charge in [0, 0.05) is 78.0 Å². The lowest BCUT2D eigenvalue weighted by molar-refractivity contribution is -0.122. The zero-order chi connectivity index (χ0) is 61.0. The first-order valence-corrected chi connectivity index (χ1v) is 37.3. The first-order valence-electron chi connectivity index (χ1n) is 37.3. The number of nitrogens with one attached hydrogen (secondary N) is 6. The molecule has 0 aliphatic carbocycles. The van der Waals surface area contributed by atoms with Crippen LogP contribution >= 0.6 is 0 Å². The van der Waals surface area contributed by atoms with Gasteiger partial charge in [-0.05, 0) is 90.6 Å². The number of carbonyl (C=O) groups is 4. The minimum absolute atomic E-state index is 0.108. The van der Waals surface area contributed by atoms with E-state index < -0.39 is 0 Å². The molecule has 0 bridgehead atoms. The summed E-state index contributed by atoms with van der Waals surface area (Å²) in [6, 6.07) is 0. The van der Waals surface area contributed by atoms with Gasteiger partial charge in [-0.15, -0.1) is 0 Å². The van der Waals surface area contributed by atoms with Crippen LogP contribution in [0.2, 0.25) is 0 Å². The van der Waals surface area contributed by atoms with Gasteiger partial charge in [-0.1, -0.05) is 272 Å². The van der Waals surface area contributed by atoms with Crippen LogP contribution in [-0.2, 0) is 19.2 Å². The maximum Gasteiger partial charge on any atom is 0.221 e. The molecule has 4 amide bonds. The van der Waals surface area contributed by atoms with E-state index in [2.05, 4.69) is 69.4 Å². The van der Waals surface area contributed by atoms with E-state index in [4.69, 9.17) is 0 Å². The van der Waals surface area contributed by atoms with Gasteiger partial charge in [0.15, 0.2) is 0 Å². The van der Waals surface area contributed by atoms with E-state index in [-0.39, 0.29) is 23.6 Å². The van der Waals surface area contributed by atoms with Crippen LogP contribution in [-0.4, -0.2) is 125 Å². The summed E-state index contributed by atoms with van der Waals surface area (Å²) in [5, 5.41) is 19.8. The first kappa shape index (κ1) is 81.7. The Bertz CT molecular complexity index is 1370. The van der Waals surface area contributed by atoms with Crippen LogP contribution in [0.4, 0.5) is 0 Å². The Morgan fingerprint density at radius 3 is 0.714 bits per heavy atom. The van der Waals surface area contributed by atoms with Crippen molar-refractivity contribution in [1.29, 1.82) is 0 Å². The van der Waals surface area contributed by atoms with Gasteiger partial charge in [0.2, 0.25) is 23.6 Å². The van der Waals surface area contributed by atoms with Crippen LogP contribution in [0.3, 0.4) is 0 Å². The zero-order valence-corrected chi connectivity index (χ0v) is 56.8. The second-order valence-electron chi connectivity index (χ2n) is 25.4. The minimum atomic E-state index is 0.108. The minimum Gasteiger partial charge on any atom is -0.356 e. The molecule has 0 radical (unpaired) electrons. The van der Waals surface area contributed by atoms with Gasteiger partial charge < -0.3 is 41.7 Å². The molecule has 0 fully saturated rings. The molecule has 0 aromatic heterocycles. The summed E-state index contributed by atoms with van der Waals surface area (Å²) in [5.74, 6) is 0.521. The number of nitrogens with zero attached hydrogens (tertiary/aromatic N) is 2. The van der Waals surface area contributed by atoms with E-state index in [0.29, 0.717) is 38.8 Å². The average Bonchev–Trinajstić information content (AvgIpc) is 3.52. The van der Waals surface area contributed by atoms with Crippen molar-refractivity contribution in [1.82, 2.24) is 41.7 Å². The third-order valence-corrected chi connectivity index (χ3v) is 17.1. The highest BCUT2D eigenvalue weighted by Gasteiger charge is 2.14. The van der Waals surface area contributed by atoms with Crippen LogP contribution < -0.4 is 31.9 Å². The second-order valence-corrected chi connectivity index (χ2v) is 25.4. The molecular weight excluding hydrogens is 1040 g/mol. The standard InChI is InChI=1S/C72H146N8O4/c1-5-9-13-17-21-25-29-30-34-38-42-46-61-78-72(84)54-68-80(67-53-71(83)77-60-45-41-37-33-28-24-20-16-12-8-4)65-50-64-79(66-52-70(82)76-59-44-40-36-32-27-23-19-15-11-7-3)63-48-47-55-73-56-49-57-74-62-51-69(81)75-58-43-39-35-31-26-22-18-14-10-6-2/h73-74H,5-68H2,1-4H3,(H,75,81)(H,76,82)(H,77,83)(H,78,84). The lowest BCUT2D eigenvalue weighted by Crippen LogP contribution is -2.37. The summed E-state index contributed by atoms with van der Waals surface area (Å²) in [6.45, 7) is 20.4. The molecule has 0 saturated carbocycles. The maximum atomic E-state index is 13.1. The lowest BCUT2D eigenvalue weighted by atomic mass is 10.1. The molecule has 0 spiro atoms. The highest BCUT2D eigenvalue weighted by molar-refractivity contribution is 5.77. The van der Waals surface area contributed by atoms with Gasteiger partial charge in [0.25, 0.3) is 0 Å². The number of amides is 4. The number of carbonyl (C=O) groups excluding carboxylic acids is 4. The molecular formula is C72H146N8O4. The lowest BCUT2D eigenvalue weighted by Gasteiger charge is -2.26. The van der Waals surface area contributed by atoms with Gasteiger partial charge in [0.05, 0.1) is 0 Å². The van der Waals surface area contributed by atoms with Crippen LogP contribution in [0.25, 0.3) is 0 Å². The highest BCUT2D eigenvalue weighted by atomic mass is 16.2. The van der Waals surface area contributed by atoms with Crippen LogP contribution in [0.5, 0.6) is 0 Å². The Morgan fingerprint density at radius 2 is 0.417 bits per heavy atom. The average molecular weight is 1190 g/mol. The predicted molar refractivity (Wildman–Crippen MR) is 364 cm³/mol. The van der Waals surface area contributed by atoms with Crippen LogP contribution in [0.15, 0.2) is 0 Å². The Labute approximate surface area is 522 Å². The molecule has 12 heteroatoms. The summed E-state index contributed by atoms with van der Waals surface area (Å²) < 4.78 is 0. The first-order chi connectivity index (χ1) is 41.4. The Morgan fingerprint density at radius 1 is 0.202 bits per heavy atom. The van der Waals surface area contributed by atoms with Gasteiger partial charge >= 0.3 is 0 Å². The zero-order valence-electron chi connectivity index (χ0n) is 56.8. The molecule has 0 aromatic rings. The fourth-order valence-corrected chi connectivity index (χ4v) is 11.4. The van der Waals surface area contributed by atoms with Crippen molar-refractivity contribution in [2.45, 2.75) is 349 Å². The molecule has 0 aliphatic heterocycles. The van der Waals surface area contributed by atoms with Gasteiger partial charge in [-0.25, -0.2) is 0 Å². The molecule has 0 rings (SSSR count). The predicted octanol–water partition coefficient (Wildman–Crippen LogP) is 16.8. The topological polar surface area (TPSA) is 147 Å². The number of hydrogen-bond acceptors (Lipinski definition) is 8. The van der Waals surface area contributed by atoms with E-state index in [1.165, 1.54) is 244 Å². The van der Waals surface area contributed by atoms with Crippen LogP contribution in [0, 0.1) is 0 Å². The van der Waals surface area contributed by atoms with E-state index >= 15 is 0 Å². The summed E-state index contributed by atoms with van der Waals surface area (Å²) in [6.07, 6.45) is 60.5. The highest BCUT2D eigenvalue weighted by Crippen LogP contribution is 2.15. The van der Waals surface area contributed by atoms with Gasteiger partial charge in [0.1, 0.15) is 0 Å². The molecule has 0 aromatic carbocycles. The van der Waals surface area contributed by atoms with E-state index in [0.717, 1.165) is 130 Å². The van der Waals surface area contributed by atoms with Crippen molar-refractivity contribution in [2.24, 2.45) is 0 Å². The summed E-state index contributed by atoms with van der Waals surface area (Å²) >= 11 is 0. The largest absolute Gasteiger partial charge is 0.356 e. The number of hydrogen-bond donors (Lipinski definition) is 6. The maximum absolute atomic E-state index is 13.1. The normalized spacial score (nSPS) is 11.5. The number of rotatable bonds is 71. The van der Waals surface area contributed by atoms with Crippen molar-refractivity contribution in [3.63, 3.8) is 0 Å². The second kappa shape index (κ2) is 69.8.